The third-order valence-electron chi connectivity index (χ3n) is 3.15. The molecule has 0 aromatic heterocycles. The number of aromatic carboxylic acids is 1. The van der Waals surface area contributed by atoms with Crippen molar-refractivity contribution in [3.8, 4) is 0 Å². The summed E-state index contributed by atoms with van der Waals surface area (Å²) in [6.07, 6.45) is 0. The van der Waals surface area contributed by atoms with E-state index < -0.39 is 39.4 Å². The van der Waals surface area contributed by atoms with Gasteiger partial charge in [0.1, 0.15) is 10.7 Å². The van der Waals surface area contributed by atoms with Crippen molar-refractivity contribution in [2.45, 2.75) is 10.9 Å². The molecular weight excluding hydrogens is 305 g/mol. The first-order valence-electron chi connectivity index (χ1n) is 6.11. The van der Waals surface area contributed by atoms with Gasteiger partial charge >= 0.3 is 5.97 Å². The smallest absolute Gasteiger partial charge is 0.335 e. The normalized spacial score (nSPS) is 20.4. The molecule has 0 amide bonds. The molecule has 7 nitrogen and oxygen atoms in total. The van der Waals surface area contributed by atoms with Gasteiger partial charge in [-0.2, -0.15) is 4.31 Å². The minimum absolute atomic E-state index is 0.00400. The summed E-state index contributed by atoms with van der Waals surface area (Å²) < 4.78 is 44.8. The standard InChI is InChI=1S/C12H14FNO6S/c13-10-2-1-8(12(16)17)5-11(10)21(18,19)14-3-4-20-7-9(14)6-15/h1-2,5,9,15H,3-4,6-7H2,(H,16,17). The van der Waals surface area contributed by atoms with Crippen LogP contribution in [0.15, 0.2) is 23.1 Å². The molecule has 1 aliphatic heterocycles. The number of carbonyl (C=O) groups is 1. The lowest BCUT2D eigenvalue weighted by molar-refractivity contribution is 0.0108. The Bertz CT molecular complexity index is 647. The largest absolute Gasteiger partial charge is 0.478 e. The lowest BCUT2D eigenvalue weighted by atomic mass is 10.2. The van der Waals surface area contributed by atoms with Crippen LogP contribution in [0.5, 0.6) is 0 Å². The zero-order valence-corrected chi connectivity index (χ0v) is 11.7. The highest BCUT2D eigenvalue weighted by atomic mass is 32.2. The van der Waals surface area contributed by atoms with Gasteiger partial charge in [-0.3, -0.25) is 0 Å². The van der Waals surface area contributed by atoms with E-state index in [9.17, 15) is 22.7 Å². The van der Waals surface area contributed by atoms with Crippen LogP contribution < -0.4 is 0 Å². The number of aliphatic hydroxyl groups is 1. The molecule has 0 spiro atoms. The van der Waals surface area contributed by atoms with Gasteiger partial charge in [-0.15, -0.1) is 0 Å². The SMILES string of the molecule is O=C(O)c1ccc(F)c(S(=O)(=O)N2CCOCC2CO)c1. The Kier molecular flexibility index (Phi) is 4.57. The minimum atomic E-state index is -4.25. The maximum absolute atomic E-state index is 13.8. The minimum Gasteiger partial charge on any atom is -0.478 e. The maximum atomic E-state index is 13.8. The number of rotatable bonds is 4. The van der Waals surface area contributed by atoms with Crippen molar-refractivity contribution in [1.29, 1.82) is 0 Å². The Hall–Kier alpha value is -1.55. The van der Waals surface area contributed by atoms with Gasteiger partial charge in [0.25, 0.3) is 0 Å². The zero-order valence-electron chi connectivity index (χ0n) is 10.9. The molecule has 1 aliphatic rings. The number of sulfonamides is 1. The highest BCUT2D eigenvalue weighted by molar-refractivity contribution is 7.89. The number of hydrogen-bond donors (Lipinski definition) is 2. The molecule has 9 heteroatoms. The fourth-order valence-corrected chi connectivity index (χ4v) is 3.74. The van der Waals surface area contributed by atoms with E-state index in [0.29, 0.717) is 0 Å². The number of morpholine rings is 1. The maximum Gasteiger partial charge on any atom is 0.335 e. The highest BCUT2D eigenvalue weighted by Gasteiger charge is 2.35. The Morgan fingerprint density at radius 2 is 2.19 bits per heavy atom. The summed E-state index contributed by atoms with van der Waals surface area (Å²) in [6, 6.07) is 1.73. The average molecular weight is 319 g/mol. The van der Waals surface area contributed by atoms with Crippen LogP contribution in [0.2, 0.25) is 0 Å². The number of aliphatic hydroxyl groups excluding tert-OH is 1. The molecule has 1 atom stereocenters. The summed E-state index contributed by atoms with van der Waals surface area (Å²) in [5.74, 6) is -2.39. The lowest BCUT2D eigenvalue weighted by Gasteiger charge is -2.33. The van der Waals surface area contributed by atoms with Crippen molar-refractivity contribution < 1.29 is 32.6 Å². The molecule has 1 heterocycles. The molecule has 1 fully saturated rings. The van der Waals surface area contributed by atoms with Gasteiger partial charge in [0.05, 0.1) is 31.4 Å². The summed E-state index contributed by atoms with van der Waals surface area (Å²) in [4.78, 5) is 10.2. The third kappa shape index (κ3) is 3.05. The second-order valence-electron chi connectivity index (χ2n) is 4.48. The van der Waals surface area contributed by atoms with Crippen molar-refractivity contribution in [1.82, 2.24) is 4.31 Å². The number of halogens is 1. The molecule has 1 saturated heterocycles. The molecule has 21 heavy (non-hydrogen) atoms. The van der Waals surface area contributed by atoms with Crippen LogP contribution in [0.3, 0.4) is 0 Å². The van der Waals surface area contributed by atoms with Crippen molar-refractivity contribution >= 4 is 16.0 Å². The number of nitrogens with zero attached hydrogens (tertiary/aromatic N) is 1. The van der Waals surface area contributed by atoms with Gasteiger partial charge in [0.2, 0.25) is 10.0 Å². The topological polar surface area (TPSA) is 104 Å². The van der Waals surface area contributed by atoms with Crippen molar-refractivity contribution in [2.75, 3.05) is 26.4 Å². The van der Waals surface area contributed by atoms with Crippen LogP contribution in [0, 0.1) is 5.82 Å². The van der Waals surface area contributed by atoms with E-state index >= 15 is 0 Å². The molecule has 1 aromatic carbocycles. The fourth-order valence-electron chi connectivity index (χ4n) is 2.06. The quantitative estimate of drug-likeness (QED) is 0.803. The molecule has 116 valence electrons. The van der Waals surface area contributed by atoms with Gasteiger partial charge in [0.15, 0.2) is 0 Å². The van der Waals surface area contributed by atoms with E-state index in [0.717, 1.165) is 22.5 Å². The average Bonchev–Trinajstić information content (AvgIpc) is 2.47. The summed E-state index contributed by atoms with van der Waals surface area (Å²) in [5.41, 5.74) is -0.330. The predicted octanol–water partition coefficient (Wildman–Crippen LogP) is -0.0943. The van der Waals surface area contributed by atoms with Gasteiger partial charge in [-0.25, -0.2) is 17.6 Å². The molecule has 0 bridgehead atoms. The van der Waals surface area contributed by atoms with Gasteiger partial charge < -0.3 is 14.9 Å². The molecule has 0 aliphatic carbocycles. The number of ether oxygens (including phenoxy) is 1. The highest BCUT2D eigenvalue weighted by Crippen LogP contribution is 2.24. The van der Waals surface area contributed by atoms with Crippen LogP contribution in [-0.4, -0.2) is 61.3 Å². The summed E-state index contributed by atoms with van der Waals surface area (Å²) >= 11 is 0. The molecule has 0 radical (unpaired) electrons. The second-order valence-corrected chi connectivity index (χ2v) is 6.34. The number of benzene rings is 1. The monoisotopic (exact) mass is 319 g/mol. The molecule has 2 rings (SSSR count). The number of carboxylic acid groups (broad SMARTS) is 1. The van der Waals surface area contributed by atoms with Crippen molar-refractivity contribution in [2.24, 2.45) is 0 Å². The summed E-state index contributed by atoms with van der Waals surface area (Å²) in [5, 5.41) is 18.1. The van der Waals surface area contributed by atoms with Gasteiger partial charge in [-0.05, 0) is 18.2 Å². The Balaban J connectivity index is 2.47. The van der Waals surface area contributed by atoms with E-state index in [4.69, 9.17) is 9.84 Å². The van der Waals surface area contributed by atoms with E-state index in [1.165, 1.54) is 0 Å². The second kappa shape index (κ2) is 6.06. The van der Waals surface area contributed by atoms with E-state index in [1.807, 2.05) is 0 Å². The molecule has 1 unspecified atom stereocenters. The Labute approximate surface area is 120 Å². The molecule has 2 N–H and O–H groups in total. The number of carboxylic acids is 1. The molecule has 1 aromatic rings. The van der Waals surface area contributed by atoms with Crippen molar-refractivity contribution in [3.63, 3.8) is 0 Å². The fraction of sp³-hybridized carbons (Fsp3) is 0.417. The number of hydrogen-bond acceptors (Lipinski definition) is 5. The van der Waals surface area contributed by atoms with Crippen LogP contribution in [0.25, 0.3) is 0 Å². The molecule has 0 saturated carbocycles. The van der Waals surface area contributed by atoms with Crippen molar-refractivity contribution in [3.05, 3.63) is 29.6 Å². The first-order chi connectivity index (χ1) is 9.87. The van der Waals surface area contributed by atoms with E-state index in [2.05, 4.69) is 0 Å². The molecular formula is C12H14FNO6S. The van der Waals surface area contributed by atoms with E-state index in [1.54, 1.807) is 0 Å². The van der Waals surface area contributed by atoms with Crippen LogP contribution in [-0.2, 0) is 14.8 Å². The van der Waals surface area contributed by atoms with Crippen LogP contribution in [0.4, 0.5) is 4.39 Å². The summed E-state index contributed by atoms with van der Waals surface area (Å²) in [6.45, 7) is -0.393. The van der Waals surface area contributed by atoms with Crippen LogP contribution in [0.1, 0.15) is 10.4 Å². The predicted molar refractivity (Wildman–Crippen MR) is 68.9 cm³/mol. The first-order valence-corrected chi connectivity index (χ1v) is 7.55. The Morgan fingerprint density at radius 3 is 2.81 bits per heavy atom. The van der Waals surface area contributed by atoms with E-state index in [-0.39, 0.29) is 25.3 Å². The Morgan fingerprint density at radius 1 is 1.48 bits per heavy atom. The third-order valence-corrected chi connectivity index (χ3v) is 5.12. The van der Waals surface area contributed by atoms with Gasteiger partial charge in [0, 0.05) is 6.54 Å². The zero-order chi connectivity index (χ0) is 15.6. The lowest BCUT2D eigenvalue weighted by Crippen LogP contribution is -2.50. The summed E-state index contributed by atoms with van der Waals surface area (Å²) in [7, 11) is -4.25. The van der Waals surface area contributed by atoms with Crippen LogP contribution >= 0.6 is 0 Å². The van der Waals surface area contributed by atoms with Gasteiger partial charge in [-0.1, -0.05) is 0 Å². The first kappa shape index (κ1) is 15.8.